The fourth-order valence-electron chi connectivity index (χ4n) is 3.73. The normalized spacial score (nSPS) is 17.0. The number of nitrogens with zero attached hydrogens (tertiary/aromatic N) is 2. The predicted molar refractivity (Wildman–Crippen MR) is 121 cm³/mol. The minimum absolute atomic E-state index is 0.0350. The standard InChI is InChI=1S/C21H18BrCl2N3O2/c1-12-11-26(14-3-4-17(23)18(24)9-14)6-7-27(12)21(29)16-10-20(28)25-19-5-2-13(22)8-15(16)19/h2-5,8-10,12H,6-7,11H2,1H3,(H,25,28). The van der Waals surface area contributed by atoms with Crippen molar-refractivity contribution in [1.29, 1.82) is 0 Å². The minimum atomic E-state index is -0.287. The van der Waals surface area contributed by atoms with Gasteiger partial charge in [-0.05, 0) is 43.3 Å². The topological polar surface area (TPSA) is 56.4 Å². The van der Waals surface area contributed by atoms with E-state index in [-0.39, 0.29) is 17.5 Å². The number of aromatic nitrogens is 1. The van der Waals surface area contributed by atoms with Crippen LogP contribution in [0.25, 0.3) is 10.9 Å². The number of carbonyl (C=O) groups is 1. The average Bonchev–Trinajstić information content (AvgIpc) is 2.69. The van der Waals surface area contributed by atoms with Crippen LogP contribution in [0.15, 0.2) is 51.7 Å². The van der Waals surface area contributed by atoms with Gasteiger partial charge >= 0.3 is 0 Å². The first-order chi connectivity index (χ1) is 13.8. The van der Waals surface area contributed by atoms with E-state index in [0.29, 0.717) is 40.8 Å². The van der Waals surface area contributed by atoms with Gasteiger partial charge in [0.05, 0.1) is 15.6 Å². The summed E-state index contributed by atoms with van der Waals surface area (Å²) in [6, 6.07) is 12.4. The molecule has 8 heteroatoms. The lowest BCUT2D eigenvalue weighted by Crippen LogP contribution is -2.54. The smallest absolute Gasteiger partial charge is 0.255 e. The van der Waals surface area contributed by atoms with Crippen LogP contribution in [-0.2, 0) is 0 Å². The van der Waals surface area contributed by atoms with Gasteiger partial charge in [-0.3, -0.25) is 9.59 Å². The number of benzene rings is 2. The Morgan fingerprint density at radius 2 is 1.90 bits per heavy atom. The largest absolute Gasteiger partial charge is 0.368 e. The molecule has 0 spiro atoms. The maximum Gasteiger partial charge on any atom is 0.255 e. The zero-order valence-electron chi connectivity index (χ0n) is 15.6. The number of nitrogens with one attached hydrogen (secondary N) is 1. The molecule has 1 N–H and O–H groups in total. The lowest BCUT2D eigenvalue weighted by molar-refractivity contribution is 0.0676. The van der Waals surface area contributed by atoms with E-state index in [1.807, 2.05) is 36.1 Å². The third-order valence-corrected chi connectivity index (χ3v) is 6.42. The molecule has 1 saturated heterocycles. The van der Waals surface area contributed by atoms with Gasteiger partial charge in [-0.25, -0.2) is 0 Å². The Morgan fingerprint density at radius 1 is 1.10 bits per heavy atom. The fraction of sp³-hybridized carbons (Fsp3) is 0.238. The van der Waals surface area contributed by atoms with Crippen LogP contribution >= 0.6 is 39.1 Å². The van der Waals surface area contributed by atoms with E-state index in [4.69, 9.17) is 23.2 Å². The monoisotopic (exact) mass is 493 g/mol. The van der Waals surface area contributed by atoms with Crippen LogP contribution in [-0.4, -0.2) is 41.5 Å². The molecule has 2 aromatic carbocycles. The lowest BCUT2D eigenvalue weighted by Gasteiger charge is -2.41. The van der Waals surface area contributed by atoms with Crippen LogP contribution < -0.4 is 10.5 Å². The maximum atomic E-state index is 13.3. The number of fused-ring (bicyclic) bond motifs is 1. The molecule has 1 aliphatic rings. The molecule has 1 amide bonds. The Bertz CT molecular complexity index is 1160. The van der Waals surface area contributed by atoms with Crippen molar-refractivity contribution < 1.29 is 4.79 Å². The Hall–Kier alpha value is -2.02. The Morgan fingerprint density at radius 3 is 2.62 bits per heavy atom. The highest BCUT2D eigenvalue weighted by atomic mass is 79.9. The number of carbonyl (C=O) groups excluding carboxylic acids is 1. The first-order valence-electron chi connectivity index (χ1n) is 9.17. The summed E-state index contributed by atoms with van der Waals surface area (Å²) < 4.78 is 0.851. The average molecular weight is 495 g/mol. The summed E-state index contributed by atoms with van der Waals surface area (Å²) in [5, 5.41) is 1.75. The second-order valence-corrected chi connectivity index (χ2v) is 8.86. The number of amides is 1. The zero-order chi connectivity index (χ0) is 20.7. The lowest BCUT2D eigenvalue weighted by atomic mass is 10.1. The van der Waals surface area contributed by atoms with E-state index >= 15 is 0 Å². The molecule has 0 radical (unpaired) electrons. The Kier molecular flexibility index (Phi) is 5.60. The van der Waals surface area contributed by atoms with Gasteiger partial charge in [-0.15, -0.1) is 0 Å². The van der Waals surface area contributed by atoms with Gasteiger partial charge in [0.2, 0.25) is 5.56 Å². The van der Waals surface area contributed by atoms with Gasteiger partial charge in [-0.2, -0.15) is 0 Å². The van der Waals surface area contributed by atoms with Crippen molar-refractivity contribution in [3.8, 4) is 0 Å². The van der Waals surface area contributed by atoms with Crippen molar-refractivity contribution in [2.45, 2.75) is 13.0 Å². The van der Waals surface area contributed by atoms with Gasteiger partial charge in [0.1, 0.15) is 0 Å². The van der Waals surface area contributed by atoms with E-state index in [1.54, 1.807) is 12.1 Å². The number of hydrogen-bond donors (Lipinski definition) is 1. The van der Waals surface area contributed by atoms with E-state index in [2.05, 4.69) is 25.8 Å². The zero-order valence-corrected chi connectivity index (χ0v) is 18.7. The van der Waals surface area contributed by atoms with E-state index in [9.17, 15) is 9.59 Å². The van der Waals surface area contributed by atoms with Gasteiger partial charge < -0.3 is 14.8 Å². The number of H-pyrrole nitrogens is 1. The van der Waals surface area contributed by atoms with Crippen LogP contribution in [0.2, 0.25) is 10.0 Å². The first kappa shape index (κ1) is 20.3. The van der Waals surface area contributed by atoms with Gasteiger partial charge in [0.25, 0.3) is 5.91 Å². The number of rotatable bonds is 2. The van der Waals surface area contributed by atoms with Crippen molar-refractivity contribution in [3.63, 3.8) is 0 Å². The number of piperazine rings is 1. The molecule has 1 aliphatic heterocycles. The maximum absolute atomic E-state index is 13.3. The number of pyridine rings is 1. The highest BCUT2D eigenvalue weighted by molar-refractivity contribution is 9.10. The second kappa shape index (κ2) is 8.01. The quantitative estimate of drug-likeness (QED) is 0.548. The predicted octanol–water partition coefficient (Wildman–Crippen LogP) is 4.95. The highest BCUT2D eigenvalue weighted by Crippen LogP contribution is 2.29. The Labute approximate surface area is 186 Å². The van der Waals surface area contributed by atoms with Crippen molar-refractivity contribution in [2.75, 3.05) is 24.5 Å². The van der Waals surface area contributed by atoms with Crippen molar-refractivity contribution in [3.05, 3.63) is 72.9 Å². The number of hydrogen-bond acceptors (Lipinski definition) is 3. The summed E-state index contributed by atoms with van der Waals surface area (Å²) in [6.07, 6.45) is 0. The summed E-state index contributed by atoms with van der Waals surface area (Å²) in [5.41, 5.74) is 1.75. The fourth-order valence-corrected chi connectivity index (χ4v) is 4.39. The van der Waals surface area contributed by atoms with Crippen molar-refractivity contribution in [2.24, 2.45) is 0 Å². The molecule has 150 valence electrons. The number of halogens is 3. The molecule has 0 aliphatic carbocycles. The van der Waals surface area contributed by atoms with Gasteiger partial charge in [-0.1, -0.05) is 39.1 Å². The summed E-state index contributed by atoms with van der Waals surface area (Å²) in [6.45, 7) is 3.88. The summed E-state index contributed by atoms with van der Waals surface area (Å²) >= 11 is 15.6. The van der Waals surface area contributed by atoms with Crippen LogP contribution in [0.5, 0.6) is 0 Å². The molecule has 3 aromatic rings. The van der Waals surface area contributed by atoms with E-state index in [0.717, 1.165) is 15.5 Å². The van der Waals surface area contributed by atoms with Crippen LogP contribution in [0.4, 0.5) is 5.69 Å². The third-order valence-electron chi connectivity index (χ3n) is 5.19. The SMILES string of the molecule is CC1CN(c2ccc(Cl)c(Cl)c2)CCN1C(=O)c1cc(=O)[nH]c2ccc(Br)cc12. The van der Waals surface area contributed by atoms with Gasteiger partial charge in [0, 0.05) is 52.8 Å². The van der Waals surface area contributed by atoms with E-state index < -0.39 is 0 Å². The van der Waals surface area contributed by atoms with Crippen LogP contribution in [0, 0.1) is 0 Å². The summed E-state index contributed by atoms with van der Waals surface area (Å²) in [4.78, 5) is 32.2. The summed E-state index contributed by atoms with van der Waals surface area (Å²) in [7, 11) is 0. The number of aromatic amines is 1. The molecular weight excluding hydrogens is 477 g/mol. The summed E-state index contributed by atoms with van der Waals surface area (Å²) in [5.74, 6) is -0.138. The third kappa shape index (κ3) is 4.02. The molecular formula is C21H18BrCl2N3O2. The highest BCUT2D eigenvalue weighted by Gasteiger charge is 2.29. The number of anilines is 1. The Balaban J connectivity index is 1.61. The first-order valence-corrected chi connectivity index (χ1v) is 10.7. The van der Waals surface area contributed by atoms with Crippen molar-refractivity contribution in [1.82, 2.24) is 9.88 Å². The molecule has 0 saturated carbocycles. The van der Waals surface area contributed by atoms with Crippen molar-refractivity contribution >= 4 is 61.6 Å². The minimum Gasteiger partial charge on any atom is -0.368 e. The molecule has 29 heavy (non-hydrogen) atoms. The van der Waals surface area contributed by atoms with Crippen LogP contribution in [0.3, 0.4) is 0 Å². The molecule has 2 heterocycles. The second-order valence-electron chi connectivity index (χ2n) is 7.13. The van der Waals surface area contributed by atoms with Gasteiger partial charge in [0.15, 0.2) is 0 Å². The molecule has 1 aromatic heterocycles. The molecule has 4 rings (SSSR count). The molecule has 1 fully saturated rings. The molecule has 1 atom stereocenters. The molecule has 1 unspecified atom stereocenters. The van der Waals surface area contributed by atoms with E-state index in [1.165, 1.54) is 6.07 Å². The van der Waals surface area contributed by atoms with Crippen LogP contribution in [0.1, 0.15) is 17.3 Å². The molecule has 5 nitrogen and oxygen atoms in total. The molecule has 0 bridgehead atoms.